The highest BCUT2D eigenvalue weighted by molar-refractivity contribution is 5.92. The number of carbonyl (C=O) groups excluding carboxylic acids is 1. The van der Waals surface area contributed by atoms with Gasteiger partial charge in [-0.1, -0.05) is 19.8 Å². The van der Waals surface area contributed by atoms with Gasteiger partial charge in [0.25, 0.3) is 11.5 Å². The van der Waals surface area contributed by atoms with Crippen molar-refractivity contribution in [1.29, 1.82) is 0 Å². The van der Waals surface area contributed by atoms with Crippen molar-refractivity contribution in [2.24, 2.45) is 5.73 Å². The number of primary amides is 1. The zero-order valence-corrected chi connectivity index (χ0v) is 16.3. The van der Waals surface area contributed by atoms with E-state index in [1.165, 1.54) is 13.0 Å². The molecule has 7 nitrogen and oxygen atoms in total. The molecule has 3 rings (SSSR count). The number of halogens is 3. The predicted octanol–water partition coefficient (Wildman–Crippen LogP) is 2.57. The van der Waals surface area contributed by atoms with Crippen LogP contribution in [0.2, 0.25) is 0 Å². The summed E-state index contributed by atoms with van der Waals surface area (Å²) in [5.41, 5.74) is 9.55. The summed E-state index contributed by atoms with van der Waals surface area (Å²) in [5.74, 6) is -1.72. The van der Waals surface area contributed by atoms with Crippen molar-refractivity contribution in [3.63, 3.8) is 0 Å². The molecule has 30 heavy (non-hydrogen) atoms. The van der Waals surface area contributed by atoms with Crippen LogP contribution in [0, 0.1) is 0 Å². The second-order valence-corrected chi connectivity index (χ2v) is 7.62. The van der Waals surface area contributed by atoms with E-state index in [9.17, 15) is 27.9 Å². The van der Waals surface area contributed by atoms with Crippen LogP contribution >= 0.6 is 0 Å². The minimum atomic E-state index is -4.60. The molecule has 0 spiro atoms. The number of nitrogens with zero attached hydrogens (tertiary/aromatic N) is 2. The maximum Gasteiger partial charge on any atom is 0.416 e. The van der Waals surface area contributed by atoms with Crippen LogP contribution in [0.5, 0.6) is 0 Å². The van der Waals surface area contributed by atoms with Crippen LogP contribution in [-0.4, -0.2) is 26.9 Å². The molecular weight excluding hydrogens is 401 g/mol. The number of anilines is 1. The lowest BCUT2D eigenvalue weighted by Gasteiger charge is -2.29. The first-order valence-corrected chi connectivity index (χ1v) is 9.58. The van der Waals surface area contributed by atoms with E-state index < -0.39 is 41.3 Å². The summed E-state index contributed by atoms with van der Waals surface area (Å²) < 4.78 is 40.5. The average Bonchev–Trinajstić information content (AvgIpc) is 2.66. The third-order valence-corrected chi connectivity index (χ3v) is 5.50. The van der Waals surface area contributed by atoms with Crippen LogP contribution in [0.25, 0.3) is 0 Å². The van der Waals surface area contributed by atoms with E-state index in [0.29, 0.717) is 12.8 Å². The molecule has 162 valence electrons. The largest absolute Gasteiger partial charge is 0.416 e. The fraction of sp³-hybridized carbons (Fsp3) is 0.450. The molecule has 1 aliphatic rings. The second-order valence-electron chi connectivity index (χ2n) is 7.62. The summed E-state index contributed by atoms with van der Waals surface area (Å²) in [7, 11) is 0. The monoisotopic (exact) mass is 424 g/mol. The van der Waals surface area contributed by atoms with Gasteiger partial charge in [-0.25, -0.2) is 4.68 Å². The van der Waals surface area contributed by atoms with Gasteiger partial charge in [0.2, 0.25) is 0 Å². The maximum atomic E-state index is 13.2. The summed E-state index contributed by atoms with van der Waals surface area (Å²) in [5, 5.41) is 14.3. The van der Waals surface area contributed by atoms with Crippen LogP contribution in [0.1, 0.15) is 71.7 Å². The Morgan fingerprint density at radius 1 is 1.23 bits per heavy atom. The van der Waals surface area contributed by atoms with Crippen LogP contribution < -0.4 is 17.0 Å². The Labute approximate surface area is 170 Å². The number of aliphatic hydroxyl groups excluding tert-OH is 1. The molecule has 1 fully saturated rings. The number of rotatable bonds is 4. The van der Waals surface area contributed by atoms with E-state index in [4.69, 9.17) is 11.5 Å². The van der Waals surface area contributed by atoms with Gasteiger partial charge in [-0.3, -0.25) is 9.59 Å². The Hall–Kier alpha value is -2.88. The number of benzene rings is 1. The number of alkyl halides is 3. The number of nitrogens with two attached hydrogens (primary N) is 2. The van der Waals surface area contributed by atoms with Gasteiger partial charge in [0.05, 0.1) is 17.7 Å². The highest BCUT2D eigenvalue weighted by Crippen LogP contribution is 2.35. The van der Waals surface area contributed by atoms with Crippen molar-refractivity contribution in [2.45, 2.75) is 56.8 Å². The van der Waals surface area contributed by atoms with Crippen LogP contribution in [0.15, 0.2) is 29.1 Å². The minimum Gasteiger partial charge on any atom is -0.399 e. The summed E-state index contributed by atoms with van der Waals surface area (Å²) in [6.07, 6.45) is -2.74. The number of amides is 1. The van der Waals surface area contributed by atoms with Crippen molar-refractivity contribution >= 4 is 11.6 Å². The van der Waals surface area contributed by atoms with Crippen molar-refractivity contribution in [2.75, 3.05) is 5.73 Å². The van der Waals surface area contributed by atoms with Crippen LogP contribution in [0.3, 0.4) is 0 Å². The molecule has 10 heteroatoms. The molecule has 1 amide bonds. The fourth-order valence-electron chi connectivity index (χ4n) is 3.89. The van der Waals surface area contributed by atoms with Crippen molar-refractivity contribution in [1.82, 2.24) is 9.78 Å². The third kappa shape index (κ3) is 4.33. The Bertz CT molecular complexity index is 1020. The van der Waals surface area contributed by atoms with E-state index in [-0.39, 0.29) is 22.5 Å². The van der Waals surface area contributed by atoms with Gasteiger partial charge in [0.15, 0.2) is 5.69 Å². The lowest BCUT2D eigenvalue weighted by atomic mass is 9.90. The number of hydrogen-bond donors (Lipinski definition) is 3. The van der Waals surface area contributed by atoms with Gasteiger partial charge in [0, 0.05) is 17.7 Å². The van der Waals surface area contributed by atoms with Gasteiger partial charge in [-0.05, 0) is 42.2 Å². The molecule has 1 aromatic carbocycles. The molecular formula is C20H23F3N4O3. The van der Waals surface area contributed by atoms with Crippen molar-refractivity contribution in [3.8, 4) is 0 Å². The quantitative estimate of drug-likeness (QED) is 0.651. The van der Waals surface area contributed by atoms with Gasteiger partial charge in [-0.2, -0.15) is 18.3 Å². The van der Waals surface area contributed by atoms with E-state index in [2.05, 4.69) is 5.10 Å². The molecule has 3 atom stereocenters. The SMILES string of the molecule is C[C@H](c1cc(N)cc(C(F)(F)F)c1)c1cc(=O)n([C@@H]2CCCC[C@H]2O)nc1C(N)=O. The minimum absolute atomic E-state index is 0.0982. The van der Waals surface area contributed by atoms with Gasteiger partial charge in [-0.15, -0.1) is 0 Å². The molecule has 1 saturated carbocycles. The van der Waals surface area contributed by atoms with Gasteiger partial charge in [0.1, 0.15) is 0 Å². The fourth-order valence-corrected chi connectivity index (χ4v) is 3.89. The number of aliphatic hydroxyl groups is 1. The Morgan fingerprint density at radius 2 is 1.90 bits per heavy atom. The lowest BCUT2D eigenvalue weighted by molar-refractivity contribution is -0.137. The van der Waals surface area contributed by atoms with Crippen LogP contribution in [0.4, 0.5) is 18.9 Å². The number of carbonyl (C=O) groups is 1. The topological polar surface area (TPSA) is 124 Å². The summed E-state index contributed by atoms with van der Waals surface area (Å²) >= 11 is 0. The molecule has 0 aliphatic heterocycles. The highest BCUT2D eigenvalue weighted by Gasteiger charge is 2.33. The first-order chi connectivity index (χ1) is 14.0. The lowest BCUT2D eigenvalue weighted by Crippen LogP contribution is -2.38. The van der Waals surface area contributed by atoms with E-state index >= 15 is 0 Å². The molecule has 1 aromatic heterocycles. The maximum absolute atomic E-state index is 13.2. The number of hydrogen-bond acceptors (Lipinski definition) is 5. The van der Waals surface area contributed by atoms with E-state index in [1.807, 2.05) is 0 Å². The number of nitrogen functional groups attached to an aromatic ring is 1. The molecule has 2 aromatic rings. The molecule has 0 saturated heterocycles. The molecule has 1 aliphatic carbocycles. The van der Waals surface area contributed by atoms with Crippen LogP contribution in [-0.2, 0) is 6.18 Å². The standard InChI is InChI=1S/C20H23F3N4O3/c1-10(11-6-12(20(21,22)23)8-13(24)7-11)14-9-17(29)27(26-18(14)19(25)30)15-4-2-3-5-16(15)28/h6-10,15-16,28H,2-5,24H2,1H3,(H2,25,30)/t10-,15-,16-/m1/s1. The molecule has 0 unspecified atom stereocenters. The molecule has 5 N–H and O–H groups in total. The molecule has 0 radical (unpaired) electrons. The first kappa shape index (κ1) is 21.8. The van der Waals surface area contributed by atoms with Crippen molar-refractivity contribution < 1.29 is 23.1 Å². The summed E-state index contributed by atoms with van der Waals surface area (Å²) in [4.78, 5) is 24.8. The first-order valence-electron chi connectivity index (χ1n) is 9.58. The Kier molecular flexibility index (Phi) is 5.89. The third-order valence-electron chi connectivity index (χ3n) is 5.50. The average molecular weight is 424 g/mol. The van der Waals surface area contributed by atoms with Gasteiger partial charge < -0.3 is 16.6 Å². The Balaban J connectivity index is 2.10. The predicted molar refractivity (Wildman–Crippen MR) is 104 cm³/mol. The Morgan fingerprint density at radius 3 is 2.50 bits per heavy atom. The molecule has 1 heterocycles. The zero-order valence-electron chi connectivity index (χ0n) is 16.3. The smallest absolute Gasteiger partial charge is 0.399 e. The summed E-state index contributed by atoms with van der Waals surface area (Å²) in [6.45, 7) is 1.54. The normalized spacial score (nSPS) is 20.7. The second kappa shape index (κ2) is 8.10. The van der Waals surface area contributed by atoms with Gasteiger partial charge >= 0.3 is 6.18 Å². The van der Waals surface area contributed by atoms with Crippen molar-refractivity contribution in [3.05, 3.63) is 57.0 Å². The number of aromatic nitrogens is 2. The van der Waals surface area contributed by atoms with E-state index in [1.54, 1.807) is 0 Å². The zero-order chi connectivity index (χ0) is 22.2. The molecule has 0 bridgehead atoms. The van der Waals surface area contributed by atoms with E-state index in [0.717, 1.165) is 35.7 Å². The summed E-state index contributed by atoms with van der Waals surface area (Å²) in [6, 6.07) is 3.64. The highest BCUT2D eigenvalue weighted by atomic mass is 19.4.